The van der Waals surface area contributed by atoms with E-state index in [9.17, 15) is 0 Å². The normalized spacial score (nSPS) is 21.9. The van der Waals surface area contributed by atoms with Gasteiger partial charge in [-0.3, -0.25) is 0 Å². The SMILES string of the molecule is CC(C)(C)c1cc(C(P)(C2CCCCN2)C2CCCCN2)[c-](CP(C(C)(C)C)C(C)(C)C)c1C(C)(C)C.[Fe].[cH-]1[cH-][cH-][cH-][cH-]1. The third-order valence-electron chi connectivity index (χ3n) is 9.47. The summed E-state index contributed by atoms with van der Waals surface area (Å²) in [5.41, 5.74) is 6.80. The molecule has 4 rings (SSSR count). The second-order valence-electron chi connectivity index (χ2n) is 17.2. The summed E-state index contributed by atoms with van der Waals surface area (Å²) < 4.78 is 0. The molecule has 3 unspecified atom stereocenters. The van der Waals surface area contributed by atoms with Crippen LogP contribution in [0.15, 0.2) is 36.4 Å². The second-order valence-corrected chi connectivity index (χ2v) is 22.0. The van der Waals surface area contributed by atoms with Crippen molar-refractivity contribution in [3.8, 4) is 0 Å². The largest absolute Gasteiger partial charge is 0.748 e. The van der Waals surface area contributed by atoms with E-state index in [-0.39, 0.29) is 41.0 Å². The number of hydrogen-bond acceptors (Lipinski definition) is 2. The number of rotatable bonds is 5. The van der Waals surface area contributed by atoms with Crippen LogP contribution in [0, 0.1) is 0 Å². The molecule has 5 heteroatoms. The predicted molar refractivity (Wildman–Crippen MR) is 194 cm³/mol. The molecule has 2 heterocycles. The molecule has 2 aromatic rings. The maximum atomic E-state index is 4.05. The van der Waals surface area contributed by atoms with Crippen LogP contribution in [0.25, 0.3) is 0 Å². The van der Waals surface area contributed by atoms with E-state index in [4.69, 9.17) is 0 Å². The van der Waals surface area contributed by atoms with Gasteiger partial charge in [0.25, 0.3) is 0 Å². The van der Waals surface area contributed by atoms with Crippen LogP contribution in [-0.2, 0) is 39.2 Å². The molecule has 3 atom stereocenters. The number of nitrogens with one attached hydrogen (secondary N) is 2. The van der Waals surface area contributed by atoms with Crippen molar-refractivity contribution in [1.29, 1.82) is 0 Å². The molecule has 2 fully saturated rings. The molecule has 0 aliphatic carbocycles. The molecule has 2 aliphatic rings. The van der Waals surface area contributed by atoms with Crippen molar-refractivity contribution in [2.75, 3.05) is 13.1 Å². The fourth-order valence-electron chi connectivity index (χ4n) is 7.70. The van der Waals surface area contributed by atoms with E-state index < -0.39 is 0 Å². The summed E-state index contributed by atoms with van der Waals surface area (Å²) in [7, 11) is 3.27. The fraction of sp³-hybridized carbons (Fsp3) is 0.737. The van der Waals surface area contributed by atoms with Gasteiger partial charge >= 0.3 is 0 Å². The Labute approximate surface area is 281 Å². The summed E-state index contributed by atoms with van der Waals surface area (Å²) in [5, 5.41) is 8.71. The van der Waals surface area contributed by atoms with Crippen LogP contribution in [0.1, 0.15) is 144 Å². The Kier molecular flexibility index (Phi) is 13.9. The van der Waals surface area contributed by atoms with E-state index in [1.54, 1.807) is 22.3 Å². The van der Waals surface area contributed by atoms with Crippen LogP contribution in [0.2, 0.25) is 0 Å². The minimum Gasteiger partial charge on any atom is -0.748 e. The smallest absolute Gasteiger partial charge is 0.0193 e. The molecule has 0 bridgehead atoms. The Hall–Kier alpha value is -0.000519. The van der Waals surface area contributed by atoms with Crippen molar-refractivity contribution >= 4 is 17.2 Å². The van der Waals surface area contributed by atoms with E-state index in [1.807, 2.05) is 30.3 Å². The van der Waals surface area contributed by atoms with Crippen molar-refractivity contribution in [2.24, 2.45) is 0 Å². The summed E-state index contributed by atoms with van der Waals surface area (Å²) in [6.45, 7) is 32.0. The first-order valence-electron chi connectivity index (χ1n) is 16.8. The molecule has 2 aromatic carbocycles. The van der Waals surface area contributed by atoms with Crippen molar-refractivity contribution in [1.82, 2.24) is 10.6 Å². The molecule has 2 nitrogen and oxygen atoms in total. The van der Waals surface area contributed by atoms with Crippen LogP contribution < -0.4 is 10.6 Å². The van der Waals surface area contributed by atoms with Crippen LogP contribution in [0.5, 0.6) is 0 Å². The van der Waals surface area contributed by atoms with Crippen molar-refractivity contribution in [2.45, 2.75) is 166 Å². The summed E-state index contributed by atoms with van der Waals surface area (Å²) >= 11 is 0. The molecule has 2 N–H and O–H groups in total. The zero-order valence-corrected chi connectivity index (χ0v) is 33.0. The zero-order chi connectivity index (χ0) is 31.6. The number of piperidine rings is 2. The maximum absolute atomic E-state index is 4.05. The Morgan fingerprint density at radius 2 is 1.14 bits per heavy atom. The van der Waals surface area contributed by atoms with Gasteiger partial charge in [0.15, 0.2) is 0 Å². The van der Waals surface area contributed by atoms with Gasteiger partial charge in [0.1, 0.15) is 0 Å². The van der Waals surface area contributed by atoms with Gasteiger partial charge in [-0.05, 0) is 54.5 Å². The Morgan fingerprint density at radius 1 is 0.721 bits per heavy atom. The van der Waals surface area contributed by atoms with Crippen molar-refractivity contribution in [3.05, 3.63) is 58.7 Å². The van der Waals surface area contributed by atoms with Crippen molar-refractivity contribution in [3.63, 3.8) is 0 Å². The molecule has 0 amide bonds. The standard InChI is InChI=1S/C33H61N2P2.C5H5.Fe/c1-29(2,3)25-21-24(33(36,26-17-13-15-19-34-26)27-18-14-16-20-35-27)23(28(25)30(4,5)6)22-37(31(7,8)9)32(10,11)12;1-2-4-5-3-1;/h21,26-27,34-35H,13-20,22,36H2,1-12H3;1-5H;/q-1;-5;. The number of hydrogen-bond donors (Lipinski definition) is 2. The minimum absolute atomic E-state index is 0. The first-order valence-corrected chi connectivity index (χ1v) is 18.9. The quantitative estimate of drug-likeness (QED) is 0.188. The van der Waals surface area contributed by atoms with Gasteiger partial charge in [-0.15, -0.1) is 22.7 Å². The van der Waals surface area contributed by atoms with Crippen molar-refractivity contribution < 1.29 is 17.1 Å². The molecule has 0 spiro atoms. The van der Waals surface area contributed by atoms with Crippen LogP contribution >= 0.6 is 17.2 Å². The summed E-state index contributed by atoms with van der Waals surface area (Å²) in [4.78, 5) is 0. The topological polar surface area (TPSA) is 24.1 Å². The third-order valence-corrected chi connectivity index (χ3v) is 14.5. The van der Waals surface area contributed by atoms with Crippen LogP contribution in [0.3, 0.4) is 0 Å². The first-order chi connectivity index (χ1) is 19.3. The van der Waals surface area contributed by atoms with Gasteiger partial charge in [0.05, 0.1) is 0 Å². The zero-order valence-electron chi connectivity index (χ0n) is 29.9. The molecule has 252 valence electrons. The van der Waals surface area contributed by atoms with E-state index in [1.165, 1.54) is 44.7 Å². The summed E-state index contributed by atoms with van der Waals surface area (Å²) in [5.74, 6) is 0. The Morgan fingerprint density at radius 3 is 1.44 bits per heavy atom. The summed E-state index contributed by atoms with van der Waals surface area (Å²) in [6, 6.07) is 13.7. The summed E-state index contributed by atoms with van der Waals surface area (Å²) in [6.07, 6.45) is 9.06. The molecule has 43 heavy (non-hydrogen) atoms. The maximum Gasteiger partial charge on any atom is 0.0193 e. The van der Waals surface area contributed by atoms with Gasteiger partial charge < -0.3 is 41.0 Å². The molecule has 2 saturated heterocycles. The molecule has 2 aliphatic heterocycles. The van der Waals surface area contributed by atoms with E-state index in [2.05, 4.69) is 109 Å². The van der Waals surface area contributed by atoms with Gasteiger partial charge in [-0.1, -0.05) is 108 Å². The predicted octanol–water partition coefficient (Wildman–Crippen LogP) is 10.3. The molecule has 0 aromatic heterocycles. The monoisotopic (exact) mass is 668 g/mol. The average Bonchev–Trinajstić information content (AvgIpc) is 3.58. The van der Waals surface area contributed by atoms with Gasteiger partial charge in [-0.2, -0.15) is 16.7 Å². The van der Waals surface area contributed by atoms with E-state index in [0.29, 0.717) is 22.4 Å². The Bertz CT molecular complexity index is 1030. The average molecular weight is 669 g/mol. The molecule has 0 radical (unpaired) electrons. The second kappa shape index (κ2) is 15.3. The first kappa shape index (κ1) is 39.2. The van der Waals surface area contributed by atoms with E-state index in [0.717, 1.165) is 13.1 Å². The van der Waals surface area contributed by atoms with Gasteiger partial charge in [-0.25, -0.2) is 6.07 Å². The third kappa shape index (κ3) is 9.75. The Balaban J connectivity index is 0.000000973. The van der Waals surface area contributed by atoms with Crippen LogP contribution in [-0.4, -0.2) is 35.5 Å². The van der Waals surface area contributed by atoms with E-state index >= 15 is 0 Å². The molecular weight excluding hydrogens is 602 g/mol. The van der Waals surface area contributed by atoms with Crippen LogP contribution in [0.4, 0.5) is 0 Å². The molecule has 0 saturated carbocycles. The minimum atomic E-state index is -0.253. The van der Waals surface area contributed by atoms with Gasteiger partial charge in [0.2, 0.25) is 0 Å². The fourth-order valence-corrected chi connectivity index (χ4v) is 12.1. The van der Waals surface area contributed by atoms with Gasteiger partial charge in [0, 0.05) is 34.3 Å². The molecular formula is C38H66FeN2P2-6.